The van der Waals surface area contributed by atoms with Crippen molar-refractivity contribution < 1.29 is 19.1 Å². The molecule has 2 aromatic carbocycles. The molecule has 2 fully saturated rings. The zero-order valence-corrected chi connectivity index (χ0v) is 21.0. The number of halogens is 2. The number of aliphatic hydroxyl groups is 1. The maximum absolute atomic E-state index is 13.2. The monoisotopic (exact) mass is 499 g/mol. The lowest BCUT2D eigenvalue weighted by Gasteiger charge is -2.40. The second-order valence-corrected chi connectivity index (χ2v) is 10.4. The molecule has 4 rings (SSSR count). The van der Waals surface area contributed by atoms with E-state index >= 15 is 0 Å². The number of amides is 2. The first kappa shape index (κ1) is 25.4. The molecule has 2 aromatic rings. The molecule has 0 aliphatic carbocycles. The van der Waals surface area contributed by atoms with Gasteiger partial charge >= 0.3 is 0 Å². The summed E-state index contributed by atoms with van der Waals surface area (Å²) in [6, 6.07) is 10.1. The number of rotatable bonds is 6. The summed E-state index contributed by atoms with van der Waals surface area (Å²) in [6.07, 6.45) is 5.10. The van der Waals surface area contributed by atoms with E-state index in [2.05, 4.69) is 10.2 Å². The second-order valence-electron chi connectivity index (χ2n) is 9.94. The van der Waals surface area contributed by atoms with Gasteiger partial charge in [0.1, 0.15) is 5.82 Å². The summed E-state index contributed by atoms with van der Waals surface area (Å²) in [5, 5.41) is 13.6. The van der Waals surface area contributed by atoms with Gasteiger partial charge in [0.25, 0.3) is 0 Å². The number of benzene rings is 2. The molecule has 2 heterocycles. The van der Waals surface area contributed by atoms with Gasteiger partial charge in [-0.3, -0.25) is 14.5 Å². The predicted molar refractivity (Wildman–Crippen MR) is 135 cm³/mol. The van der Waals surface area contributed by atoms with Crippen LogP contribution in [-0.4, -0.2) is 51.9 Å². The first-order valence-electron chi connectivity index (χ1n) is 11.8. The first-order chi connectivity index (χ1) is 16.5. The average Bonchev–Trinajstić information content (AvgIpc) is 3.04. The van der Waals surface area contributed by atoms with Gasteiger partial charge in [0.15, 0.2) is 0 Å². The summed E-state index contributed by atoms with van der Waals surface area (Å²) in [5.74, 6) is -0.575. The number of nitrogens with one attached hydrogen (secondary N) is 1. The third-order valence-corrected chi connectivity index (χ3v) is 6.96. The van der Waals surface area contributed by atoms with E-state index in [-0.39, 0.29) is 29.7 Å². The minimum Gasteiger partial charge on any atom is -0.386 e. The van der Waals surface area contributed by atoms with Crippen molar-refractivity contribution in [3.8, 4) is 0 Å². The highest BCUT2D eigenvalue weighted by atomic mass is 35.5. The number of anilines is 1. The maximum Gasteiger partial charge on any atom is 0.247 e. The molecule has 0 aromatic heterocycles. The fraction of sp³-hybridized carbons (Fsp3) is 0.407. The van der Waals surface area contributed by atoms with Crippen molar-refractivity contribution in [2.45, 2.75) is 57.8 Å². The topological polar surface area (TPSA) is 72.9 Å². The van der Waals surface area contributed by atoms with E-state index in [1.54, 1.807) is 44.2 Å². The summed E-state index contributed by atoms with van der Waals surface area (Å²) < 4.78 is 13.2. The third-order valence-electron chi connectivity index (χ3n) is 6.65. The van der Waals surface area contributed by atoms with Crippen molar-refractivity contribution in [1.29, 1.82) is 0 Å². The zero-order chi connectivity index (χ0) is 25.3. The van der Waals surface area contributed by atoms with Crippen LogP contribution in [0.3, 0.4) is 0 Å². The van der Waals surface area contributed by atoms with E-state index < -0.39 is 5.60 Å². The van der Waals surface area contributed by atoms with Crippen LogP contribution in [0.5, 0.6) is 0 Å². The second kappa shape index (κ2) is 10.1. The Morgan fingerprint density at radius 1 is 1.17 bits per heavy atom. The van der Waals surface area contributed by atoms with E-state index in [9.17, 15) is 19.1 Å². The molecule has 2 aliphatic heterocycles. The number of nitrogens with zero attached hydrogens (tertiary/aromatic N) is 2. The van der Waals surface area contributed by atoms with Crippen molar-refractivity contribution in [2.24, 2.45) is 0 Å². The predicted octanol–water partition coefficient (Wildman–Crippen LogP) is 4.55. The van der Waals surface area contributed by atoms with Crippen molar-refractivity contribution in [3.63, 3.8) is 0 Å². The standard InChI is InChI=1S/C27H31ClFN3O3/c1-17(33)30-25-13-24(28)23(27(2,3)35)12-19(25)6-11-26(34)32-21-9-10-22(32)16-31(15-21)14-18-4-7-20(29)8-5-18/h4-8,11-13,21-22,35H,9-10,14-16H2,1-3H3,(H,30,33). The van der Waals surface area contributed by atoms with Crippen molar-refractivity contribution in [2.75, 3.05) is 18.4 Å². The Morgan fingerprint density at radius 3 is 2.37 bits per heavy atom. The van der Waals surface area contributed by atoms with Gasteiger partial charge < -0.3 is 15.3 Å². The molecular formula is C27H31ClFN3O3. The molecule has 186 valence electrons. The molecule has 8 heteroatoms. The summed E-state index contributed by atoms with van der Waals surface area (Å²) in [7, 11) is 0. The molecule has 0 saturated carbocycles. The van der Waals surface area contributed by atoms with Gasteiger partial charge in [-0.2, -0.15) is 0 Å². The van der Waals surface area contributed by atoms with Gasteiger partial charge in [0.05, 0.1) is 5.60 Å². The molecule has 2 atom stereocenters. The number of hydrogen-bond acceptors (Lipinski definition) is 4. The highest BCUT2D eigenvalue weighted by Gasteiger charge is 2.41. The number of piperazine rings is 1. The Balaban J connectivity index is 1.50. The zero-order valence-electron chi connectivity index (χ0n) is 20.2. The fourth-order valence-electron chi connectivity index (χ4n) is 5.07. The summed E-state index contributed by atoms with van der Waals surface area (Å²) in [4.78, 5) is 29.2. The molecular weight excluding hydrogens is 469 g/mol. The number of hydrogen-bond donors (Lipinski definition) is 2. The minimum absolute atomic E-state index is 0.0764. The Bertz CT molecular complexity index is 1130. The smallest absolute Gasteiger partial charge is 0.247 e. The van der Waals surface area contributed by atoms with Crippen LogP contribution in [0.2, 0.25) is 5.02 Å². The molecule has 2 saturated heterocycles. The summed E-state index contributed by atoms with van der Waals surface area (Å²) in [6.45, 7) is 6.94. The van der Waals surface area contributed by atoms with Crippen LogP contribution in [-0.2, 0) is 21.7 Å². The molecule has 2 unspecified atom stereocenters. The van der Waals surface area contributed by atoms with Gasteiger partial charge in [-0.1, -0.05) is 23.7 Å². The lowest BCUT2D eigenvalue weighted by molar-refractivity contribution is -0.131. The molecule has 0 spiro atoms. The summed E-state index contributed by atoms with van der Waals surface area (Å²) in [5.41, 5.74) is 1.46. The van der Waals surface area contributed by atoms with Crippen LogP contribution in [0.25, 0.3) is 6.08 Å². The van der Waals surface area contributed by atoms with E-state index in [0.29, 0.717) is 21.8 Å². The Morgan fingerprint density at radius 2 is 1.80 bits per heavy atom. The quantitative estimate of drug-likeness (QED) is 0.572. The maximum atomic E-state index is 13.2. The first-order valence-corrected chi connectivity index (χ1v) is 12.2. The summed E-state index contributed by atoms with van der Waals surface area (Å²) >= 11 is 6.35. The fourth-order valence-corrected chi connectivity index (χ4v) is 5.46. The average molecular weight is 500 g/mol. The number of carbonyl (C=O) groups excluding carboxylic acids is 2. The van der Waals surface area contributed by atoms with Gasteiger partial charge in [-0.05, 0) is 68.2 Å². The van der Waals surface area contributed by atoms with E-state index in [4.69, 9.17) is 11.6 Å². The van der Waals surface area contributed by atoms with E-state index in [0.717, 1.165) is 38.0 Å². The third kappa shape index (κ3) is 5.92. The van der Waals surface area contributed by atoms with Gasteiger partial charge in [0, 0.05) is 61.0 Å². The largest absolute Gasteiger partial charge is 0.386 e. The molecule has 2 amide bonds. The molecule has 35 heavy (non-hydrogen) atoms. The van der Waals surface area contributed by atoms with Crippen LogP contribution in [0.1, 0.15) is 50.3 Å². The van der Waals surface area contributed by atoms with E-state index in [1.807, 2.05) is 4.90 Å². The number of carbonyl (C=O) groups is 2. The highest BCUT2D eigenvalue weighted by Crippen LogP contribution is 2.34. The lowest BCUT2D eigenvalue weighted by atomic mass is 9.95. The number of likely N-dealkylation sites (tertiary alicyclic amines) is 1. The van der Waals surface area contributed by atoms with Crippen LogP contribution >= 0.6 is 11.6 Å². The molecule has 0 radical (unpaired) electrons. The van der Waals surface area contributed by atoms with Crippen LogP contribution < -0.4 is 5.32 Å². The molecule has 2 aliphatic rings. The Kier molecular flexibility index (Phi) is 7.31. The van der Waals surface area contributed by atoms with Crippen molar-refractivity contribution in [3.05, 3.63) is 70.0 Å². The van der Waals surface area contributed by atoms with Crippen LogP contribution in [0.15, 0.2) is 42.5 Å². The molecule has 2 bridgehead atoms. The van der Waals surface area contributed by atoms with Crippen molar-refractivity contribution >= 4 is 35.2 Å². The van der Waals surface area contributed by atoms with Gasteiger partial charge in [-0.15, -0.1) is 0 Å². The van der Waals surface area contributed by atoms with Crippen molar-refractivity contribution in [1.82, 2.24) is 9.80 Å². The van der Waals surface area contributed by atoms with Crippen LogP contribution in [0.4, 0.5) is 10.1 Å². The normalized spacial score (nSPS) is 20.5. The molecule has 2 N–H and O–H groups in total. The van der Waals surface area contributed by atoms with E-state index in [1.165, 1.54) is 25.1 Å². The Hall–Kier alpha value is -2.74. The van der Waals surface area contributed by atoms with Gasteiger partial charge in [0.2, 0.25) is 11.8 Å². The molecule has 6 nitrogen and oxygen atoms in total. The number of fused-ring (bicyclic) bond motifs is 2. The van der Waals surface area contributed by atoms with Gasteiger partial charge in [-0.25, -0.2) is 4.39 Å². The SMILES string of the molecule is CC(=O)Nc1cc(Cl)c(C(C)(C)O)cc1C=CC(=O)N1C2CCC1CN(Cc1ccc(F)cc1)C2. The minimum atomic E-state index is -1.18. The highest BCUT2D eigenvalue weighted by molar-refractivity contribution is 6.32. The van der Waals surface area contributed by atoms with Crippen LogP contribution in [0, 0.1) is 5.82 Å². The lowest BCUT2D eigenvalue weighted by Crippen LogP contribution is -2.55. The Labute approximate surface area is 210 Å².